The van der Waals surface area contributed by atoms with Gasteiger partial charge in [-0.25, -0.2) is 0 Å². The number of para-hydroxylation sites is 2. The molecule has 1 aromatic heterocycles. The molecular formula is C52H34N2. The van der Waals surface area contributed by atoms with Crippen LogP contribution < -0.4 is 4.90 Å². The van der Waals surface area contributed by atoms with Gasteiger partial charge in [0.2, 0.25) is 0 Å². The van der Waals surface area contributed by atoms with Crippen LogP contribution in [-0.2, 0) is 0 Å². The van der Waals surface area contributed by atoms with E-state index in [1.165, 1.54) is 76.0 Å². The molecule has 0 fully saturated rings. The van der Waals surface area contributed by atoms with Crippen LogP contribution in [0.15, 0.2) is 206 Å². The lowest BCUT2D eigenvalue weighted by atomic mass is 9.94. The summed E-state index contributed by atoms with van der Waals surface area (Å²) in [6, 6.07) is 75.2. The zero-order valence-corrected chi connectivity index (χ0v) is 29.5. The maximum atomic E-state index is 2.46. The average Bonchev–Trinajstić information content (AvgIpc) is 3.59. The largest absolute Gasteiger partial charge is 0.310 e. The van der Waals surface area contributed by atoms with Crippen molar-refractivity contribution in [3.8, 4) is 16.8 Å². The number of aromatic nitrogens is 1. The molecule has 1 heterocycles. The van der Waals surface area contributed by atoms with Crippen LogP contribution in [0.2, 0.25) is 0 Å². The highest BCUT2D eigenvalue weighted by Crippen LogP contribution is 2.46. The lowest BCUT2D eigenvalue weighted by molar-refractivity contribution is 1.18. The summed E-state index contributed by atoms with van der Waals surface area (Å²) in [6.07, 6.45) is 0. The Morgan fingerprint density at radius 1 is 0.333 bits per heavy atom. The van der Waals surface area contributed by atoms with Crippen LogP contribution in [0.5, 0.6) is 0 Å². The maximum Gasteiger partial charge on any atom is 0.0625 e. The summed E-state index contributed by atoms with van der Waals surface area (Å²) in [5.41, 5.74) is 9.33. The van der Waals surface area contributed by atoms with Crippen LogP contribution in [0.4, 0.5) is 17.1 Å². The number of rotatable bonds is 5. The maximum absolute atomic E-state index is 2.46. The van der Waals surface area contributed by atoms with E-state index in [1.807, 2.05) is 0 Å². The second-order valence-corrected chi connectivity index (χ2v) is 14.1. The van der Waals surface area contributed by atoms with Gasteiger partial charge in [0.25, 0.3) is 0 Å². The first kappa shape index (κ1) is 30.5. The molecule has 11 rings (SSSR count). The van der Waals surface area contributed by atoms with Crippen molar-refractivity contribution < 1.29 is 0 Å². The van der Waals surface area contributed by atoms with Crippen molar-refractivity contribution in [3.63, 3.8) is 0 Å². The molecule has 0 aliphatic carbocycles. The minimum absolute atomic E-state index is 1.11. The summed E-state index contributed by atoms with van der Waals surface area (Å²) in [5.74, 6) is 0. The Kier molecular flexibility index (Phi) is 6.90. The number of fused-ring (bicyclic) bond motifs is 11. The Balaban J connectivity index is 1.24. The molecular weight excluding hydrogens is 653 g/mol. The van der Waals surface area contributed by atoms with E-state index >= 15 is 0 Å². The smallest absolute Gasteiger partial charge is 0.0625 e. The normalized spacial score (nSPS) is 11.7. The molecule has 0 saturated heterocycles. The highest BCUT2D eigenvalue weighted by Gasteiger charge is 2.22. The molecule has 0 atom stereocenters. The second kappa shape index (κ2) is 12.2. The fourth-order valence-electron chi connectivity index (χ4n) is 8.76. The van der Waals surface area contributed by atoms with Gasteiger partial charge in [-0.1, -0.05) is 146 Å². The SMILES string of the molecule is c1ccc(-c2cc3ccccc3c3c2c2cc(N(c4ccccc4)c4ccc5c6ccccc6c6ccccc6c5c4)ccc2n3-c2ccccc2)cc1. The van der Waals surface area contributed by atoms with Crippen molar-refractivity contribution in [2.75, 3.05) is 4.90 Å². The Labute approximate surface area is 313 Å². The minimum Gasteiger partial charge on any atom is -0.310 e. The fraction of sp³-hybridized carbons (Fsp3) is 0. The van der Waals surface area contributed by atoms with E-state index in [1.54, 1.807) is 0 Å². The molecule has 0 N–H and O–H groups in total. The van der Waals surface area contributed by atoms with E-state index in [4.69, 9.17) is 0 Å². The number of nitrogens with zero attached hydrogens (tertiary/aromatic N) is 2. The van der Waals surface area contributed by atoms with E-state index in [0.29, 0.717) is 0 Å². The van der Waals surface area contributed by atoms with E-state index in [0.717, 1.165) is 22.7 Å². The first-order valence-corrected chi connectivity index (χ1v) is 18.6. The molecule has 54 heavy (non-hydrogen) atoms. The first-order valence-electron chi connectivity index (χ1n) is 18.6. The number of hydrogen-bond donors (Lipinski definition) is 0. The predicted octanol–water partition coefficient (Wildman–Crippen LogP) is 14.5. The first-order chi connectivity index (χ1) is 26.8. The number of hydrogen-bond acceptors (Lipinski definition) is 1. The summed E-state index contributed by atoms with van der Waals surface area (Å²) in [6.45, 7) is 0. The summed E-state index contributed by atoms with van der Waals surface area (Å²) < 4.78 is 2.46. The summed E-state index contributed by atoms with van der Waals surface area (Å²) in [7, 11) is 0. The summed E-state index contributed by atoms with van der Waals surface area (Å²) in [5, 5.41) is 12.6. The molecule has 0 radical (unpaired) electrons. The topological polar surface area (TPSA) is 8.17 Å². The van der Waals surface area contributed by atoms with Gasteiger partial charge in [-0.15, -0.1) is 0 Å². The molecule has 0 spiro atoms. The zero-order chi connectivity index (χ0) is 35.6. The Bertz CT molecular complexity index is 3160. The van der Waals surface area contributed by atoms with E-state index in [2.05, 4.69) is 216 Å². The Hall–Kier alpha value is -7.16. The molecule has 0 bridgehead atoms. The van der Waals surface area contributed by atoms with E-state index < -0.39 is 0 Å². The van der Waals surface area contributed by atoms with Crippen molar-refractivity contribution in [1.29, 1.82) is 0 Å². The Morgan fingerprint density at radius 2 is 0.833 bits per heavy atom. The van der Waals surface area contributed by atoms with Gasteiger partial charge in [-0.2, -0.15) is 0 Å². The molecule has 0 aliphatic rings. The molecule has 0 aliphatic heterocycles. The average molecular weight is 687 g/mol. The van der Waals surface area contributed by atoms with Gasteiger partial charge in [-0.3, -0.25) is 0 Å². The van der Waals surface area contributed by atoms with E-state index in [-0.39, 0.29) is 0 Å². The third-order valence-corrected chi connectivity index (χ3v) is 11.1. The molecule has 10 aromatic carbocycles. The van der Waals surface area contributed by atoms with Crippen LogP contribution in [0.3, 0.4) is 0 Å². The van der Waals surface area contributed by atoms with Crippen molar-refractivity contribution in [2.24, 2.45) is 0 Å². The molecule has 0 unspecified atom stereocenters. The van der Waals surface area contributed by atoms with Gasteiger partial charge in [0.1, 0.15) is 0 Å². The minimum atomic E-state index is 1.11. The summed E-state index contributed by atoms with van der Waals surface area (Å²) in [4.78, 5) is 2.41. The van der Waals surface area contributed by atoms with Crippen molar-refractivity contribution in [3.05, 3.63) is 206 Å². The Morgan fingerprint density at radius 3 is 1.50 bits per heavy atom. The van der Waals surface area contributed by atoms with Crippen LogP contribution in [0.25, 0.3) is 81.7 Å². The molecule has 252 valence electrons. The van der Waals surface area contributed by atoms with E-state index in [9.17, 15) is 0 Å². The zero-order valence-electron chi connectivity index (χ0n) is 29.5. The third-order valence-electron chi connectivity index (χ3n) is 11.1. The monoisotopic (exact) mass is 686 g/mol. The van der Waals surface area contributed by atoms with Crippen molar-refractivity contribution >= 4 is 82.0 Å². The number of benzene rings is 10. The second-order valence-electron chi connectivity index (χ2n) is 14.1. The quantitative estimate of drug-likeness (QED) is 0.164. The molecule has 0 saturated carbocycles. The van der Waals surface area contributed by atoms with Crippen LogP contribution in [0.1, 0.15) is 0 Å². The predicted molar refractivity (Wildman–Crippen MR) is 231 cm³/mol. The van der Waals surface area contributed by atoms with Gasteiger partial charge in [0.05, 0.1) is 11.0 Å². The molecule has 11 aromatic rings. The standard InChI is InChI=1S/C52H34N2/c1-4-16-35(17-5-1)47-32-36-18-10-11-23-41(36)52-51(47)49-34-40(29-31-50(49)54(52)38-21-8-3-9-22-38)53(37-19-6-2-7-20-37)39-28-30-46-44-26-13-12-24-42(44)43-25-14-15-27-45(43)48(46)33-39/h1-34H. The van der Waals surface area contributed by atoms with Crippen LogP contribution in [0, 0.1) is 0 Å². The van der Waals surface area contributed by atoms with Gasteiger partial charge in [-0.05, 0) is 109 Å². The van der Waals surface area contributed by atoms with Gasteiger partial charge >= 0.3 is 0 Å². The lowest BCUT2D eigenvalue weighted by Crippen LogP contribution is -2.09. The van der Waals surface area contributed by atoms with Crippen LogP contribution >= 0.6 is 0 Å². The molecule has 2 nitrogen and oxygen atoms in total. The summed E-state index contributed by atoms with van der Waals surface area (Å²) >= 11 is 0. The molecule has 2 heteroatoms. The van der Waals surface area contributed by atoms with Crippen molar-refractivity contribution in [2.45, 2.75) is 0 Å². The highest BCUT2D eigenvalue weighted by atomic mass is 15.1. The third kappa shape index (κ3) is 4.67. The van der Waals surface area contributed by atoms with Gasteiger partial charge in [0.15, 0.2) is 0 Å². The highest BCUT2D eigenvalue weighted by molar-refractivity contribution is 6.27. The number of anilines is 3. The van der Waals surface area contributed by atoms with Crippen molar-refractivity contribution in [1.82, 2.24) is 4.57 Å². The lowest BCUT2D eigenvalue weighted by Gasteiger charge is -2.26. The fourth-order valence-corrected chi connectivity index (χ4v) is 8.76. The molecule has 0 amide bonds. The van der Waals surface area contributed by atoms with Crippen LogP contribution in [-0.4, -0.2) is 4.57 Å². The van der Waals surface area contributed by atoms with Gasteiger partial charge < -0.3 is 9.47 Å². The van der Waals surface area contributed by atoms with Gasteiger partial charge in [0, 0.05) is 38.9 Å².